The second kappa shape index (κ2) is 7.79. The Morgan fingerprint density at radius 2 is 1.81 bits per heavy atom. The predicted molar refractivity (Wildman–Crippen MR) is 102 cm³/mol. The number of carbonyl (C=O) groups is 1. The summed E-state index contributed by atoms with van der Waals surface area (Å²) >= 11 is 5.83. The van der Waals surface area contributed by atoms with E-state index in [-0.39, 0.29) is 11.7 Å². The summed E-state index contributed by atoms with van der Waals surface area (Å²) in [6, 6.07) is 8.97. The second-order valence-corrected chi connectivity index (χ2v) is 6.69. The lowest BCUT2D eigenvalue weighted by molar-refractivity contribution is -0.384. The lowest BCUT2D eigenvalue weighted by atomic mass is 10.1. The highest BCUT2D eigenvalue weighted by Gasteiger charge is 2.27. The first kappa shape index (κ1) is 18.9. The van der Waals surface area contributed by atoms with Gasteiger partial charge in [-0.3, -0.25) is 10.1 Å². The van der Waals surface area contributed by atoms with Crippen molar-refractivity contribution in [3.63, 3.8) is 0 Å². The van der Waals surface area contributed by atoms with E-state index in [9.17, 15) is 19.3 Å². The van der Waals surface area contributed by atoms with Crippen LogP contribution in [0.15, 0.2) is 36.4 Å². The van der Waals surface area contributed by atoms with Crippen molar-refractivity contribution >= 4 is 34.7 Å². The third-order valence-corrected chi connectivity index (χ3v) is 4.71. The van der Waals surface area contributed by atoms with Crippen LogP contribution >= 0.6 is 11.6 Å². The van der Waals surface area contributed by atoms with E-state index in [1.807, 2.05) is 0 Å². The Hall–Kier alpha value is -2.87. The number of nitro benzene ring substituents is 1. The predicted octanol–water partition coefficient (Wildman–Crippen LogP) is 4.05. The molecule has 1 saturated heterocycles. The number of anilines is 2. The fourth-order valence-electron chi connectivity index (χ4n) is 2.94. The number of rotatable bonds is 3. The summed E-state index contributed by atoms with van der Waals surface area (Å²) < 4.78 is 13.7. The van der Waals surface area contributed by atoms with Crippen LogP contribution in [0.5, 0.6) is 0 Å². The molecule has 1 aliphatic rings. The molecule has 0 unspecified atom stereocenters. The van der Waals surface area contributed by atoms with Gasteiger partial charge in [-0.25, -0.2) is 9.18 Å². The van der Waals surface area contributed by atoms with Gasteiger partial charge in [-0.15, -0.1) is 0 Å². The number of benzene rings is 2. The first-order valence-corrected chi connectivity index (χ1v) is 8.74. The van der Waals surface area contributed by atoms with E-state index in [0.29, 0.717) is 48.1 Å². The number of aryl methyl sites for hydroxylation is 1. The Morgan fingerprint density at radius 3 is 2.41 bits per heavy atom. The third kappa shape index (κ3) is 4.28. The van der Waals surface area contributed by atoms with Gasteiger partial charge in [0.2, 0.25) is 0 Å². The van der Waals surface area contributed by atoms with Gasteiger partial charge in [-0.1, -0.05) is 11.6 Å². The van der Waals surface area contributed by atoms with E-state index in [1.54, 1.807) is 41.0 Å². The maximum absolute atomic E-state index is 13.7. The van der Waals surface area contributed by atoms with Crippen molar-refractivity contribution in [1.82, 2.24) is 4.90 Å². The molecule has 9 heteroatoms. The minimum atomic E-state index is -0.605. The zero-order chi connectivity index (χ0) is 19.6. The molecule has 0 atom stereocenters. The molecule has 27 heavy (non-hydrogen) atoms. The molecule has 2 aromatic rings. The van der Waals surface area contributed by atoms with Crippen molar-refractivity contribution in [3.8, 4) is 0 Å². The van der Waals surface area contributed by atoms with E-state index in [0.717, 1.165) is 6.07 Å². The van der Waals surface area contributed by atoms with Crippen LogP contribution in [0.1, 0.15) is 5.56 Å². The lowest BCUT2D eigenvalue weighted by Gasteiger charge is -2.35. The van der Waals surface area contributed by atoms with Gasteiger partial charge in [-0.2, -0.15) is 0 Å². The molecule has 1 heterocycles. The van der Waals surface area contributed by atoms with Crippen LogP contribution in [0.2, 0.25) is 5.02 Å². The van der Waals surface area contributed by atoms with E-state index >= 15 is 0 Å². The molecule has 7 nitrogen and oxygen atoms in total. The number of nitro groups is 1. The molecular weight excluding hydrogens is 375 g/mol. The third-order valence-electron chi connectivity index (χ3n) is 4.46. The number of hydrogen-bond acceptors (Lipinski definition) is 4. The minimum Gasteiger partial charge on any atom is -0.362 e. The molecule has 1 fully saturated rings. The molecule has 2 aromatic carbocycles. The molecule has 1 aliphatic heterocycles. The van der Waals surface area contributed by atoms with Gasteiger partial charge in [0.05, 0.1) is 11.0 Å². The Kier molecular flexibility index (Phi) is 5.46. The standard InChI is InChI=1S/C18H18ClFN4O3/c1-12-10-16(17(24(26)27)11-15(12)20)22-6-8-23(9-7-22)18(25)21-14-4-2-13(19)3-5-14/h2-5,10-11H,6-9H2,1H3,(H,21,25). The topological polar surface area (TPSA) is 78.7 Å². The van der Waals surface area contributed by atoms with Crippen LogP contribution in [-0.4, -0.2) is 42.0 Å². The normalized spacial score (nSPS) is 14.2. The molecular formula is C18H18ClFN4O3. The van der Waals surface area contributed by atoms with E-state index in [2.05, 4.69) is 5.32 Å². The van der Waals surface area contributed by atoms with Gasteiger partial charge in [0.1, 0.15) is 11.5 Å². The van der Waals surface area contributed by atoms with Crippen molar-refractivity contribution in [1.29, 1.82) is 0 Å². The van der Waals surface area contributed by atoms with Crippen molar-refractivity contribution in [2.45, 2.75) is 6.92 Å². The van der Waals surface area contributed by atoms with Gasteiger partial charge < -0.3 is 15.1 Å². The van der Waals surface area contributed by atoms with Crippen LogP contribution in [0.25, 0.3) is 0 Å². The van der Waals surface area contributed by atoms with Gasteiger partial charge in [0, 0.05) is 36.9 Å². The van der Waals surface area contributed by atoms with Gasteiger partial charge in [0.15, 0.2) is 0 Å². The highest BCUT2D eigenvalue weighted by Crippen LogP contribution is 2.31. The van der Waals surface area contributed by atoms with Gasteiger partial charge in [0.25, 0.3) is 5.69 Å². The molecule has 0 bridgehead atoms. The van der Waals surface area contributed by atoms with E-state index in [1.165, 1.54) is 6.07 Å². The zero-order valence-corrected chi connectivity index (χ0v) is 15.4. The average Bonchev–Trinajstić information content (AvgIpc) is 2.65. The molecule has 3 rings (SSSR count). The monoisotopic (exact) mass is 392 g/mol. The Morgan fingerprint density at radius 1 is 1.19 bits per heavy atom. The number of nitrogens with zero attached hydrogens (tertiary/aromatic N) is 3. The summed E-state index contributed by atoms with van der Waals surface area (Å²) in [5.74, 6) is -0.605. The number of carbonyl (C=O) groups excluding carboxylic acids is 1. The van der Waals surface area contributed by atoms with Crippen LogP contribution < -0.4 is 10.2 Å². The van der Waals surface area contributed by atoms with Crippen LogP contribution in [-0.2, 0) is 0 Å². The van der Waals surface area contributed by atoms with Crippen molar-refractivity contribution in [2.75, 3.05) is 36.4 Å². The molecule has 1 N–H and O–H groups in total. The highest BCUT2D eigenvalue weighted by molar-refractivity contribution is 6.30. The Balaban J connectivity index is 1.67. The highest BCUT2D eigenvalue weighted by atomic mass is 35.5. The SMILES string of the molecule is Cc1cc(N2CCN(C(=O)Nc3ccc(Cl)cc3)CC2)c([N+](=O)[O-])cc1F. The van der Waals surface area contributed by atoms with Crippen molar-refractivity contribution < 1.29 is 14.1 Å². The first-order valence-electron chi connectivity index (χ1n) is 8.36. The van der Waals surface area contributed by atoms with Gasteiger partial charge in [-0.05, 0) is 42.8 Å². The molecule has 142 valence electrons. The molecule has 0 saturated carbocycles. The number of nitrogens with one attached hydrogen (secondary N) is 1. The van der Waals surface area contributed by atoms with Crippen LogP contribution in [0, 0.1) is 22.9 Å². The molecule has 2 amide bonds. The number of urea groups is 1. The summed E-state index contributed by atoms with van der Waals surface area (Å²) in [5, 5.41) is 14.6. The fourth-order valence-corrected chi connectivity index (χ4v) is 3.07. The lowest BCUT2D eigenvalue weighted by Crippen LogP contribution is -2.50. The first-order chi connectivity index (χ1) is 12.8. The molecule has 0 aliphatic carbocycles. The van der Waals surface area contributed by atoms with Crippen molar-refractivity contribution in [2.24, 2.45) is 0 Å². The van der Waals surface area contributed by atoms with Gasteiger partial charge >= 0.3 is 6.03 Å². The molecule has 0 spiro atoms. The molecule has 0 radical (unpaired) electrons. The summed E-state index contributed by atoms with van der Waals surface area (Å²) in [6.45, 7) is 3.19. The summed E-state index contributed by atoms with van der Waals surface area (Å²) in [4.78, 5) is 26.5. The smallest absolute Gasteiger partial charge is 0.321 e. The summed E-state index contributed by atoms with van der Waals surface area (Å²) in [7, 11) is 0. The quantitative estimate of drug-likeness (QED) is 0.631. The summed E-state index contributed by atoms with van der Waals surface area (Å²) in [6.07, 6.45) is 0. The minimum absolute atomic E-state index is 0.248. The maximum atomic E-state index is 13.7. The number of halogens is 2. The van der Waals surface area contributed by atoms with E-state index in [4.69, 9.17) is 11.6 Å². The maximum Gasteiger partial charge on any atom is 0.321 e. The Labute approximate surface area is 160 Å². The van der Waals surface area contributed by atoms with Crippen LogP contribution in [0.4, 0.5) is 26.2 Å². The van der Waals surface area contributed by atoms with E-state index < -0.39 is 10.7 Å². The zero-order valence-electron chi connectivity index (χ0n) is 14.6. The van der Waals surface area contributed by atoms with Crippen molar-refractivity contribution in [3.05, 3.63) is 62.9 Å². The molecule has 0 aromatic heterocycles. The largest absolute Gasteiger partial charge is 0.362 e. The summed E-state index contributed by atoms with van der Waals surface area (Å²) in [5.41, 5.74) is 1.09. The Bertz CT molecular complexity index is 868. The van der Waals surface area contributed by atoms with Crippen LogP contribution in [0.3, 0.4) is 0 Å². The number of hydrogen-bond donors (Lipinski definition) is 1. The number of piperazine rings is 1. The number of amides is 2. The average molecular weight is 393 g/mol. The second-order valence-electron chi connectivity index (χ2n) is 6.26. The fraction of sp³-hybridized carbons (Fsp3) is 0.278.